The van der Waals surface area contributed by atoms with Crippen molar-refractivity contribution in [1.29, 1.82) is 5.26 Å². The number of piperidine rings is 1. The Kier molecular flexibility index (Phi) is 4.77. The third kappa shape index (κ3) is 3.02. The van der Waals surface area contributed by atoms with E-state index in [0.717, 1.165) is 13.1 Å². The first-order valence-electron chi connectivity index (χ1n) is 7.54. The van der Waals surface area contributed by atoms with Crippen LogP contribution in [0.2, 0.25) is 0 Å². The molecule has 2 nitrogen and oxygen atoms in total. The molecule has 3 heteroatoms. The number of nitriles is 1. The highest BCUT2D eigenvalue weighted by atomic mass is 19.1. The van der Waals surface area contributed by atoms with Gasteiger partial charge in [-0.2, -0.15) is 5.26 Å². The lowest BCUT2D eigenvalue weighted by molar-refractivity contribution is 0.0902. The molecule has 1 saturated heterocycles. The summed E-state index contributed by atoms with van der Waals surface area (Å²) >= 11 is 0. The number of likely N-dealkylation sites (tertiary alicyclic amines) is 1. The second-order valence-corrected chi connectivity index (χ2v) is 5.87. The summed E-state index contributed by atoms with van der Waals surface area (Å²) in [6, 6.07) is 7.00. The molecule has 1 heterocycles. The predicted molar refractivity (Wildman–Crippen MR) is 78.6 cm³/mol. The van der Waals surface area contributed by atoms with E-state index < -0.39 is 0 Å². The van der Waals surface area contributed by atoms with E-state index in [1.54, 1.807) is 12.1 Å². The third-order valence-corrected chi connectivity index (χ3v) is 5.01. The minimum atomic E-state index is -0.349. The molecule has 0 aromatic heterocycles. The lowest BCUT2D eigenvalue weighted by Crippen LogP contribution is -2.39. The van der Waals surface area contributed by atoms with Gasteiger partial charge in [0, 0.05) is 12.1 Å². The van der Waals surface area contributed by atoms with Crippen LogP contribution >= 0.6 is 0 Å². The summed E-state index contributed by atoms with van der Waals surface area (Å²) in [7, 11) is 0. The van der Waals surface area contributed by atoms with E-state index in [2.05, 4.69) is 18.7 Å². The fourth-order valence-corrected chi connectivity index (χ4v) is 3.17. The van der Waals surface area contributed by atoms with Gasteiger partial charge in [0.2, 0.25) is 0 Å². The summed E-state index contributed by atoms with van der Waals surface area (Å²) in [6.45, 7) is 7.21. The van der Waals surface area contributed by atoms with E-state index in [4.69, 9.17) is 5.26 Å². The Bertz CT molecular complexity index is 490. The average Bonchev–Trinajstić information content (AvgIpc) is 2.50. The zero-order valence-corrected chi connectivity index (χ0v) is 12.5. The van der Waals surface area contributed by atoms with Crippen molar-refractivity contribution in [3.05, 3.63) is 35.1 Å². The Morgan fingerprint density at radius 1 is 1.25 bits per heavy atom. The molecular weight excluding hydrogens is 251 g/mol. The van der Waals surface area contributed by atoms with Crippen molar-refractivity contribution in [2.45, 2.75) is 46.1 Å². The minimum Gasteiger partial charge on any atom is -0.299 e. The molecule has 1 aliphatic rings. The normalized spacial score (nSPS) is 18.7. The standard InChI is InChI=1S/C17H23FN2/c1-3-17(4-2)8-10-20(11-9-17)13-15-7-5-6-14(12-19)16(15)18/h5-7H,3-4,8-11,13H2,1-2H3. The monoisotopic (exact) mass is 274 g/mol. The van der Waals surface area contributed by atoms with Gasteiger partial charge in [-0.15, -0.1) is 0 Å². The Labute approximate surface area is 121 Å². The molecule has 0 unspecified atom stereocenters. The van der Waals surface area contributed by atoms with Crippen LogP contribution in [0.5, 0.6) is 0 Å². The van der Waals surface area contributed by atoms with Crippen molar-refractivity contribution in [2.75, 3.05) is 13.1 Å². The number of halogens is 1. The first-order valence-corrected chi connectivity index (χ1v) is 7.54. The molecule has 0 saturated carbocycles. The molecule has 0 N–H and O–H groups in total. The van der Waals surface area contributed by atoms with E-state index >= 15 is 0 Å². The maximum absolute atomic E-state index is 14.1. The van der Waals surface area contributed by atoms with E-state index in [1.807, 2.05) is 6.07 Å². The molecule has 20 heavy (non-hydrogen) atoms. The molecule has 2 rings (SSSR count). The fraction of sp³-hybridized carbons (Fsp3) is 0.588. The van der Waals surface area contributed by atoms with Gasteiger partial charge in [-0.05, 0) is 37.4 Å². The second-order valence-electron chi connectivity index (χ2n) is 5.87. The van der Waals surface area contributed by atoms with Crippen LogP contribution < -0.4 is 0 Å². The Morgan fingerprint density at radius 3 is 2.45 bits per heavy atom. The van der Waals surface area contributed by atoms with Crippen LogP contribution in [0, 0.1) is 22.6 Å². The van der Waals surface area contributed by atoms with Crippen LogP contribution in [-0.2, 0) is 6.54 Å². The van der Waals surface area contributed by atoms with Gasteiger partial charge < -0.3 is 0 Å². The maximum atomic E-state index is 14.1. The van der Waals surface area contributed by atoms with Gasteiger partial charge in [0.25, 0.3) is 0 Å². The van der Waals surface area contributed by atoms with Crippen molar-refractivity contribution < 1.29 is 4.39 Å². The first-order chi connectivity index (χ1) is 9.64. The molecule has 1 aliphatic heterocycles. The van der Waals surface area contributed by atoms with Crippen LogP contribution in [-0.4, -0.2) is 18.0 Å². The molecular formula is C17H23FN2. The van der Waals surface area contributed by atoms with Gasteiger partial charge in [0.05, 0.1) is 5.56 Å². The van der Waals surface area contributed by atoms with Crippen molar-refractivity contribution in [2.24, 2.45) is 5.41 Å². The highest BCUT2D eigenvalue weighted by Gasteiger charge is 2.31. The second kappa shape index (κ2) is 6.37. The lowest BCUT2D eigenvalue weighted by atomic mass is 9.74. The maximum Gasteiger partial charge on any atom is 0.145 e. The minimum absolute atomic E-state index is 0.149. The van der Waals surface area contributed by atoms with E-state index in [9.17, 15) is 4.39 Å². The molecule has 1 fully saturated rings. The van der Waals surface area contributed by atoms with Gasteiger partial charge in [0.15, 0.2) is 0 Å². The van der Waals surface area contributed by atoms with Gasteiger partial charge in [0.1, 0.15) is 11.9 Å². The lowest BCUT2D eigenvalue weighted by Gasteiger charge is -2.41. The third-order valence-electron chi connectivity index (χ3n) is 5.01. The van der Waals surface area contributed by atoms with Gasteiger partial charge >= 0.3 is 0 Å². The van der Waals surface area contributed by atoms with Gasteiger partial charge in [-0.25, -0.2) is 4.39 Å². The molecule has 0 radical (unpaired) electrons. The van der Waals surface area contributed by atoms with Crippen LogP contribution in [0.1, 0.15) is 50.7 Å². The van der Waals surface area contributed by atoms with Crippen LogP contribution in [0.3, 0.4) is 0 Å². The molecule has 0 amide bonds. The fourth-order valence-electron chi connectivity index (χ4n) is 3.17. The highest BCUT2D eigenvalue weighted by molar-refractivity contribution is 5.34. The SMILES string of the molecule is CCC1(CC)CCN(Cc2cccc(C#N)c2F)CC1. The first kappa shape index (κ1) is 15.0. The topological polar surface area (TPSA) is 27.0 Å². The quantitative estimate of drug-likeness (QED) is 0.826. The van der Waals surface area contributed by atoms with E-state index in [1.165, 1.54) is 31.7 Å². The summed E-state index contributed by atoms with van der Waals surface area (Å²) < 4.78 is 14.1. The smallest absolute Gasteiger partial charge is 0.145 e. The predicted octanol–water partition coefficient (Wildman–Crippen LogP) is 4.10. The van der Waals surface area contributed by atoms with Crippen LogP contribution in [0.25, 0.3) is 0 Å². The van der Waals surface area contributed by atoms with Crippen LogP contribution in [0.4, 0.5) is 4.39 Å². The number of nitrogens with zero attached hydrogens (tertiary/aromatic N) is 2. The molecule has 0 bridgehead atoms. The molecule has 0 aliphatic carbocycles. The van der Waals surface area contributed by atoms with Crippen molar-refractivity contribution in [1.82, 2.24) is 4.90 Å². The molecule has 1 aromatic carbocycles. The zero-order valence-electron chi connectivity index (χ0n) is 12.5. The Balaban J connectivity index is 2.02. The summed E-state index contributed by atoms with van der Waals surface area (Å²) in [4.78, 5) is 2.31. The highest BCUT2D eigenvalue weighted by Crippen LogP contribution is 2.38. The Hall–Kier alpha value is -1.40. The summed E-state index contributed by atoms with van der Waals surface area (Å²) in [5, 5.41) is 8.88. The van der Waals surface area contributed by atoms with Crippen LogP contribution in [0.15, 0.2) is 18.2 Å². The van der Waals surface area contributed by atoms with E-state index in [0.29, 0.717) is 17.5 Å². The number of benzene rings is 1. The average molecular weight is 274 g/mol. The van der Waals surface area contributed by atoms with Crippen molar-refractivity contribution >= 4 is 0 Å². The number of hydrogen-bond donors (Lipinski definition) is 0. The molecule has 0 spiro atoms. The summed E-state index contributed by atoms with van der Waals surface area (Å²) in [5.41, 5.74) is 1.28. The number of hydrogen-bond acceptors (Lipinski definition) is 2. The Morgan fingerprint density at radius 2 is 1.90 bits per heavy atom. The van der Waals surface area contributed by atoms with E-state index in [-0.39, 0.29) is 11.4 Å². The molecule has 1 aromatic rings. The number of rotatable bonds is 4. The molecule has 0 atom stereocenters. The largest absolute Gasteiger partial charge is 0.299 e. The van der Waals surface area contributed by atoms with Gasteiger partial charge in [-0.3, -0.25) is 4.90 Å². The molecule has 108 valence electrons. The van der Waals surface area contributed by atoms with Gasteiger partial charge in [-0.1, -0.05) is 38.8 Å². The van der Waals surface area contributed by atoms with Crippen molar-refractivity contribution in [3.63, 3.8) is 0 Å². The zero-order chi connectivity index (χ0) is 14.6. The van der Waals surface area contributed by atoms with Crippen molar-refractivity contribution in [3.8, 4) is 6.07 Å². The summed E-state index contributed by atoms with van der Waals surface area (Å²) in [6.07, 6.45) is 4.85. The summed E-state index contributed by atoms with van der Waals surface area (Å²) in [5.74, 6) is -0.349.